The monoisotopic (exact) mass is 435 g/mol. The third-order valence-corrected chi connectivity index (χ3v) is 4.75. The van der Waals surface area contributed by atoms with Crippen LogP contribution in [0.15, 0.2) is 54.6 Å². The number of rotatable bonds is 11. The van der Waals surface area contributed by atoms with E-state index in [0.29, 0.717) is 28.5 Å². The molecular weight excluding hydrogens is 414 g/mol. The molecule has 0 saturated heterocycles. The maximum atomic E-state index is 12.4. The molecule has 2 aromatic rings. The summed E-state index contributed by atoms with van der Waals surface area (Å²) in [5.41, 5.74) is 0.392. The standard InChI is InChI=1S/C21H22ClNO5S/c1-29-12-11-18(23-20(25)14-27-17-5-3-2-4-6-17)21(26)28-13-19(24)15-7-9-16(22)10-8-15/h2-10,18H,11-14H2,1H3,(H,23,25). The van der Waals surface area contributed by atoms with Crippen molar-refractivity contribution in [3.05, 3.63) is 65.2 Å². The highest BCUT2D eigenvalue weighted by Crippen LogP contribution is 2.11. The summed E-state index contributed by atoms with van der Waals surface area (Å²) in [5, 5.41) is 3.12. The van der Waals surface area contributed by atoms with E-state index >= 15 is 0 Å². The summed E-state index contributed by atoms with van der Waals surface area (Å²) in [7, 11) is 0. The maximum absolute atomic E-state index is 12.4. The third kappa shape index (κ3) is 8.17. The molecule has 2 rings (SSSR count). The van der Waals surface area contributed by atoms with E-state index in [4.69, 9.17) is 21.1 Å². The fourth-order valence-corrected chi connectivity index (χ4v) is 2.94. The van der Waals surface area contributed by atoms with Crippen LogP contribution in [0.4, 0.5) is 0 Å². The summed E-state index contributed by atoms with van der Waals surface area (Å²) in [6.45, 7) is -0.636. The molecule has 0 aliphatic carbocycles. The van der Waals surface area contributed by atoms with Gasteiger partial charge in [-0.2, -0.15) is 11.8 Å². The molecule has 6 nitrogen and oxygen atoms in total. The van der Waals surface area contributed by atoms with Crippen LogP contribution in [0.3, 0.4) is 0 Å². The summed E-state index contributed by atoms with van der Waals surface area (Å²) in [5.74, 6) is -0.253. The number of nitrogens with one attached hydrogen (secondary N) is 1. The number of halogens is 1. The van der Waals surface area contributed by atoms with Crippen molar-refractivity contribution in [2.45, 2.75) is 12.5 Å². The van der Waals surface area contributed by atoms with Crippen molar-refractivity contribution in [3.63, 3.8) is 0 Å². The van der Waals surface area contributed by atoms with Gasteiger partial charge in [-0.15, -0.1) is 0 Å². The molecule has 2 aromatic carbocycles. The molecular formula is C21H22ClNO5S. The van der Waals surface area contributed by atoms with Crippen LogP contribution in [0, 0.1) is 0 Å². The molecule has 0 radical (unpaired) electrons. The number of carbonyl (C=O) groups is 3. The average Bonchev–Trinajstić information content (AvgIpc) is 2.74. The molecule has 0 saturated carbocycles. The van der Waals surface area contributed by atoms with Gasteiger partial charge in [-0.1, -0.05) is 29.8 Å². The summed E-state index contributed by atoms with van der Waals surface area (Å²) in [6, 6.07) is 14.3. The van der Waals surface area contributed by atoms with E-state index in [9.17, 15) is 14.4 Å². The van der Waals surface area contributed by atoms with Crippen molar-refractivity contribution in [1.29, 1.82) is 0 Å². The van der Waals surface area contributed by atoms with Gasteiger partial charge in [0.15, 0.2) is 19.0 Å². The van der Waals surface area contributed by atoms with Crippen LogP contribution in [0.1, 0.15) is 16.8 Å². The highest BCUT2D eigenvalue weighted by molar-refractivity contribution is 7.98. The van der Waals surface area contributed by atoms with Crippen LogP contribution >= 0.6 is 23.4 Å². The average molecular weight is 436 g/mol. The largest absolute Gasteiger partial charge is 0.484 e. The Morgan fingerprint density at radius 1 is 1.03 bits per heavy atom. The molecule has 0 bridgehead atoms. The Morgan fingerprint density at radius 3 is 2.38 bits per heavy atom. The van der Waals surface area contributed by atoms with Gasteiger partial charge in [0.2, 0.25) is 0 Å². The lowest BCUT2D eigenvalue weighted by Gasteiger charge is -2.17. The van der Waals surface area contributed by atoms with Crippen molar-refractivity contribution in [3.8, 4) is 5.75 Å². The first-order valence-corrected chi connectivity index (χ1v) is 10.7. The number of benzene rings is 2. The van der Waals surface area contributed by atoms with Crippen LogP contribution in [0.2, 0.25) is 5.02 Å². The second-order valence-corrected chi connectivity index (χ2v) is 7.46. The molecule has 8 heteroatoms. The predicted octanol–water partition coefficient (Wildman–Crippen LogP) is 3.38. The third-order valence-electron chi connectivity index (χ3n) is 3.86. The minimum Gasteiger partial charge on any atom is -0.484 e. The van der Waals surface area contributed by atoms with Crippen molar-refractivity contribution in [2.75, 3.05) is 25.2 Å². The van der Waals surface area contributed by atoms with Gasteiger partial charge >= 0.3 is 5.97 Å². The number of Topliss-reactive ketones (excluding diaryl/α,β-unsaturated/α-hetero) is 1. The fourth-order valence-electron chi connectivity index (χ4n) is 2.34. The first-order chi connectivity index (χ1) is 14.0. The zero-order valence-corrected chi connectivity index (χ0v) is 17.5. The van der Waals surface area contributed by atoms with Gasteiger partial charge in [0.05, 0.1) is 0 Å². The zero-order chi connectivity index (χ0) is 21.1. The zero-order valence-electron chi connectivity index (χ0n) is 15.9. The topological polar surface area (TPSA) is 81.7 Å². The lowest BCUT2D eigenvalue weighted by atomic mass is 10.1. The number of hydrogen-bond donors (Lipinski definition) is 1. The molecule has 29 heavy (non-hydrogen) atoms. The molecule has 0 fully saturated rings. The minimum atomic E-state index is -0.854. The Bertz CT molecular complexity index is 814. The normalized spacial score (nSPS) is 11.4. The van der Waals surface area contributed by atoms with Crippen molar-refractivity contribution in [1.82, 2.24) is 5.32 Å². The smallest absolute Gasteiger partial charge is 0.329 e. The molecule has 0 aromatic heterocycles. The number of para-hydroxylation sites is 1. The van der Waals surface area contributed by atoms with E-state index < -0.39 is 24.5 Å². The van der Waals surface area contributed by atoms with Gasteiger partial charge in [-0.05, 0) is 54.8 Å². The second-order valence-electron chi connectivity index (χ2n) is 6.04. The molecule has 1 atom stereocenters. The lowest BCUT2D eigenvalue weighted by Crippen LogP contribution is -2.44. The lowest BCUT2D eigenvalue weighted by molar-refractivity contribution is -0.147. The number of thioether (sulfide) groups is 1. The molecule has 0 aliphatic rings. The number of carbonyl (C=O) groups excluding carboxylic acids is 3. The van der Waals surface area contributed by atoms with Crippen molar-refractivity contribution >= 4 is 41.0 Å². The molecule has 154 valence electrons. The fraction of sp³-hybridized carbons (Fsp3) is 0.286. The molecule has 0 heterocycles. The highest BCUT2D eigenvalue weighted by atomic mass is 35.5. The van der Waals surface area contributed by atoms with Gasteiger partial charge < -0.3 is 14.8 Å². The number of ketones is 1. The molecule has 1 amide bonds. The first kappa shape index (κ1) is 22.8. The Hall–Kier alpha value is -2.51. The number of ether oxygens (including phenoxy) is 2. The van der Waals surface area contributed by atoms with E-state index in [1.807, 2.05) is 12.3 Å². The maximum Gasteiger partial charge on any atom is 0.329 e. The van der Waals surface area contributed by atoms with E-state index in [-0.39, 0.29) is 12.4 Å². The molecule has 1 unspecified atom stereocenters. The summed E-state index contributed by atoms with van der Waals surface area (Å²) >= 11 is 7.34. The Labute approximate surface area is 178 Å². The second kappa shape index (κ2) is 12.1. The number of amides is 1. The van der Waals surface area contributed by atoms with E-state index in [0.717, 1.165) is 0 Å². The quantitative estimate of drug-likeness (QED) is 0.430. The number of hydrogen-bond acceptors (Lipinski definition) is 6. The number of esters is 1. The Balaban J connectivity index is 1.86. The summed E-state index contributed by atoms with van der Waals surface area (Å²) < 4.78 is 10.5. The van der Waals surface area contributed by atoms with Gasteiger partial charge in [-0.25, -0.2) is 4.79 Å². The van der Waals surface area contributed by atoms with Gasteiger partial charge in [0, 0.05) is 10.6 Å². The van der Waals surface area contributed by atoms with Crippen LogP contribution in [0.25, 0.3) is 0 Å². The first-order valence-electron chi connectivity index (χ1n) is 8.91. The molecule has 0 aliphatic heterocycles. The Morgan fingerprint density at radius 2 is 1.72 bits per heavy atom. The van der Waals surface area contributed by atoms with E-state index in [1.165, 1.54) is 11.8 Å². The van der Waals surface area contributed by atoms with E-state index in [2.05, 4.69) is 5.32 Å². The van der Waals surface area contributed by atoms with Gasteiger partial charge in [0.25, 0.3) is 5.91 Å². The van der Waals surface area contributed by atoms with Crippen molar-refractivity contribution < 1.29 is 23.9 Å². The molecule has 1 N–H and O–H groups in total. The van der Waals surface area contributed by atoms with Gasteiger partial charge in [0.1, 0.15) is 11.8 Å². The SMILES string of the molecule is CSCCC(NC(=O)COc1ccccc1)C(=O)OCC(=O)c1ccc(Cl)cc1. The van der Waals surface area contributed by atoms with Crippen LogP contribution < -0.4 is 10.1 Å². The van der Waals surface area contributed by atoms with Crippen LogP contribution in [-0.2, 0) is 14.3 Å². The van der Waals surface area contributed by atoms with Crippen molar-refractivity contribution in [2.24, 2.45) is 0 Å². The van der Waals surface area contributed by atoms with Crippen LogP contribution in [-0.4, -0.2) is 48.9 Å². The summed E-state index contributed by atoms with van der Waals surface area (Å²) in [6.07, 6.45) is 2.28. The highest BCUT2D eigenvalue weighted by Gasteiger charge is 2.23. The summed E-state index contributed by atoms with van der Waals surface area (Å²) in [4.78, 5) is 36.7. The minimum absolute atomic E-state index is 0.225. The van der Waals surface area contributed by atoms with Gasteiger partial charge in [-0.3, -0.25) is 9.59 Å². The Kier molecular flexibility index (Phi) is 9.53. The van der Waals surface area contributed by atoms with E-state index in [1.54, 1.807) is 48.5 Å². The van der Waals surface area contributed by atoms with Crippen LogP contribution in [0.5, 0.6) is 5.75 Å². The predicted molar refractivity (Wildman–Crippen MR) is 114 cm³/mol. The molecule has 0 spiro atoms.